The molecule has 1 amide bonds. The molecule has 0 bridgehead atoms. The first-order chi connectivity index (χ1) is 9.04. The third-order valence-electron chi connectivity index (χ3n) is 2.56. The molecule has 2 rings (SSSR count). The normalized spacial score (nSPS) is 10.3. The topological polar surface area (TPSA) is 29.1 Å². The van der Waals surface area contributed by atoms with E-state index < -0.39 is 0 Å². The lowest BCUT2D eigenvalue weighted by Crippen LogP contribution is -2.12. The van der Waals surface area contributed by atoms with Gasteiger partial charge in [0.25, 0.3) is 0 Å². The summed E-state index contributed by atoms with van der Waals surface area (Å²) in [6.45, 7) is 2.00. The summed E-state index contributed by atoms with van der Waals surface area (Å²) in [7, 11) is 0. The van der Waals surface area contributed by atoms with E-state index in [1.54, 1.807) is 18.2 Å². The summed E-state index contributed by atoms with van der Waals surface area (Å²) >= 11 is 11.7. The van der Waals surface area contributed by atoms with Crippen LogP contribution < -0.4 is 5.32 Å². The minimum Gasteiger partial charge on any atom is -0.325 e. The van der Waals surface area contributed by atoms with Crippen molar-refractivity contribution in [1.29, 1.82) is 0 Å². The second-order valence-electron chi connectivity index (χ2n) is 4.17. The molecule has 4 heteroatoms. The molecule has 0 aliphatic carbocycles. The van der Waals surface area contributed by atoms with Crippen molar-refractivity contribution < 1.29 is 4.79 Å². The first-order valence-corrected chi connectivity index (χ1v) is 6.47. The minimum absolute atomic E-state index is 0.206. The van der Waals surface area contributed by atoms with Crippen LogP contribution in [0.5, 0.6) is 0 Å². The highest BCUT2D eigenvalue weighted by Gasteiger charge is 2.06. The fourth-order valence-electron chi connectivity index (χ4n) is 1.57. The molecule has 0 saturated carbocycles. The zero-order chi connectivity index (χ0) is 13.8. The van der Waals surface area contributed by atoms with E-state index in [9.17, 15) is 4.79 Å². The van der Waals surface area contributed by atoms with Gasteiger partial charge in [0.15, 0.2) is 0 Å². The molecule has 2 aromatic carbocycles. The van der Waals surface area contributed by atoms with E-state index in [1.165, 1.54) is 6.42 Å². The van der Waals surface area contributed by atoms with Gasteiger partial charge >= 0.3 is 0 Å². The van der Waals surface area contributed by atoms with Gasteiger partial charge in [0.2, 0.25) is 5.91 Å². The van der Waals surface area contributed by atoms with Crippen LogP contribution in [0.4, 0.5) is 5.69 Å². The number of hydrogen-bond donors (Lipinski definition) is 1. The Morgan fingerprint density at radius 2 is 1.74 bits per heavy atom. The number of nitrogens with one attached hydrogen (secondary N) is 1. The Morgan fingerprint density at radius 3 is 2.37 bits per heavy atom. The van der Waals surface area contributed by atoms with Crippen molar-refractivity contribution in [3.63, 3.8) is 0 Å². The monoisotopic (exact) mass is 292 g/mol. The van der Waals surface area contributed by atoms with Crippen LogP contribution in [0.2, 0.25) is 10.0 Å². The summed E-state index contributed by atoms with van der Waals surface area (Å²) in [6, 6.07) is 12.7. The van der Waals surface area contributed by atoms with Gasteiger partial charge in [-0.1, -0.05) is 53.0 Å². The largest absolute Gasteiger partial charge is 0.325 e. The molecule has 19 heavy (non-hydrogen) atoms. The second kappa shape index (κ2) is 6.09. The molecule has 97 valence electrons. The molecular weight excluding hydrogens is 281 g/mol. The van der Waals surface area contributed by atoms with Gasteiger partial charge in [-0.05, 0) is 30.7 Å². The number of anilines is 1. The van der Waals surface area contributed by atoms with Crippen LogP contribution in [0, 0.1) is 13.3 Å². The summed E-state index contributed by atoms with van der Waals surface area (Å²) in [5, 5.41) is 3.61. The first kappa shape index (κ1) is 13.9. The predicted octanol–water partition coefficient (Wildman–Crippen LogP) is 4.49. The molecule has 0 aromatic heterocycles. The van der Waals surface area contributed by atoms with Gasteiger partial charge in [-0.2, -0.15) is 0 Å². The molecule has 0 heterocycles. The Labute approximate surface area is 122 Å². The number of carbonyl (C=O) groups excluding carboxylic acids is 1. The summed E-state index contributed by atoms with van der Waals surface area (Å²) in [5.74, 6) is -0.206. The van der Waals surface area contributed by atoms with Crippen LogP contribution in [0.1, 0.15) is 11.1 Å². The van der Waals surface area contributed by atoms with Crippen LogP contribution in [-0.2, 0) is 4.79 Å². The Morgan fingerprint density at radius 1 is 1.05 bits per heavy atom. The third-order valence-corrected chi connectivity index (χ3v) is 3.30. The molecule has 1 radical (unpaired) electrons. The summed E-state index contributed by atoms with van der Waals surface area (Å²) in [6.07, 6.45) is 1.53. The zero-order valence-corrected chi connectivity index (χ0v) is 11.8. The maximum Gasteiger partial charge on any atom is 0.233 e. The maximum absolute atomic E-state index is 11.8. The lowest BCUT2D eigenvalue weighted by atomic mass is 10.1. The fraction of sp³-hybridized carbons (Fsp3) is 0.0667. The van der Waals surface area contributed by atoms with E-state index in [1.807, 2.05) is 31.2 Å². The molecule has 1 N–H and O–H groups in total. The number of halogens is 2. The van der Waals surface area contributed by atoms with Crippen LogP contribution in [-0.4, -0.2) is 5.91 Å². The number of aryl methyl sites for hydroxylation is 1. The van der Waals surface area contributed by atoms with Gasteiger partial charge < -0.3 is 5.32 Å². The van der Waals surface area contributed by atoms with Crippen LogP contribution in [0.15, 0.2) is 42.5 Å². The van der Waals surface area contributed by atoms with Gasteiger partial charge in [-0.25, -0.2) is 0 Å². The van der Waals surface area contributed by atoms with Crippen LogP contribution in [0.3, 0.4) is 0 Å². The predicted molar refractivity (Wildman–Crippen MR) is 79.7 cm³/mol. The number of carbonyl (C=O) groups is 1. The Kier molecular flexibility index (Phi) is 4.46. The summed E-state index contributed by atoms with van der Waals surface area (Å²) in [5.41, 5.74) is 2.62. The van der Waals surface area contributed by atoms with E-state index in [0.29, 0.717) is 15.7 Å². The van der Waals surface area contributed by atoms with Gasteiger partial charge in [-0.3, -0.25) is 4.79 Å². The average Bonchev–Trinajstić information content (AvgIpc) is 2.37. The number of hydrogen-bond acceptors (Lipinski definition) is 1. The second-order valence-corrected chi connectivity index (χ2v) is 4.99. The first-order valence-electron chi connectivity index (χ1n) is 5.72. The molecule has 0 spiro atoms. The lowest BCUT2D eigenvalue weighted by Gasteiger charge is -2.06. The van der Waals surface area contributed by atoms with E-state index in [2.05, 4.69) is 5.32 Å². The molecule has 0 saturated heterocycles. The third kappa shape index (κ3) is 3.98. The van der Waals surface area contributed by atoms with E-state index >= 15 is 0 Å². The van der Waals surface area contributed by atoms with E-state index in [-0.39, 0.29) is 5.91 Å². The zero-order valence-electron chi connectivity index (χ0n) is 10.3. The van der Waals surface area contributed by atoms with Gasteiger partial charge in [0.05, 0.1) is 16.5 Å². The highest BCUT2D eigenvalue weighted by molar-refractivity contribution is 6.42. The molecule has 0 fully saturated rings. The maximum atomic E-state index is 11.8. The Hall–Kier alpha value is -1.51. The van der Waals surface area contributed by atoms with Crippen molar-refractivity contribution >= 4 is 34.8 Å². The highest BCUT2D eigenvalue weighted by atomic mass is 35.5. The van der Waals surface area contributed by atoms with Crippen molar-refractivity contribution in [3.8, 4) is 0 Å². The summed E-state index contributed by atoms with van der Waals surface area (Å²) < 4.78 is 0. The van der Waals surface area contributed by atoms with Crippen molar-refractivity contribution in [3.05, 3.63) is 70.1 Å². The van der Waals surface area contributed by atoms with Crippen molar-refractivity contribution in [2.24, 2.45) is 0 Å². The van der Waals surface area contributed by atoms with Crippen LogP contribution in [0.25, 0.3) is 0 Å². The standard InChI is InChI=1S/C15H12Cl2NO/c1-10-2-4-11(5-3-10)8-15(19)18-12-6-7-13(16)14(17)9-12/h2-9H,1H3,(H,18,19). The molecule has 0 unspecified atom stereocenters. The van der Waals surface area contributed by atoms with Gasteiger partial charge in [-0.15, -0.1) is 0 Å². The summed E-state index contributed by atoms with van der Waals surface area (Å²) in [4.78, 5) is 11.8. The number of benzene rings is 2. The van der Waals surface area contributed by atoms with Crippen molar-refractivity contribution in [2.75, 3.05) is 5.32 Å². The van der Waals surface area contributed by atoms with Gasteiger partial charge in [0.1, 0.15) is 0 Å². The molecule has 0 aliphatic rings. The SMILES string of the molecule is Cc1ccc([CH]C(=O)Nc2ccc(Cl)c(Cl)c2)cc1. The Bertz CT molecular complexity index is 594. The molecule has 0 aliphatic heterocycles. The number of rotatable bonds is 3. The average molecular weight is 293 g/mol. The van der Waals surface area contributed by atoms with Gasteiger partial charge in [0, 0.05) is 5.69 Å². The molecular formula is C15H12Cl2NO. The molecule has 2 aromatic rings. The quantitative estimate of drug-likeness (QED) is 0.887. The van der Waals surface area contributed by atoms with Crippen LogP contribution >= 0.6 is 23.2 Å². The highest BCUT2D eigenvalue weighted by Crippen LogP contribution is 2.25. The number of amides is 1. The van der Waals surface area contributed by atoms with Crippen molar-refractivity contribution in [2.45, 2.75) is 6.92 Å². The van der Waals surface area contributed by atoms with E-state index in [0.717, 1.165) is 11.1 Å². The lowest BCUT2D eigenvalue weighted by molar-refractivity contribution is -0.112. The van der Waals surface area contributed by atoms with Crippen molar-refractivity contribution in [1.82, 2.24) is 0 Å². The minimum atomic E-state index is -0.206. The molecule has 2 nitrogen and oxygen atoms in total. The smallest absolute Gasteiger partial charge is 0.233 e. The fourth-order valence-corrected chi connectivity index (χ4v) is 1.86. The van der Waals surface area contributed by atoms with E-state index in [4.69, 9.17) is 23.2 Å². The Balaban J connectivity index is 2.01. The molecule has 0 atom stereocenters.